The Morgan fingerprint density at radius 1 is 1.38 bits per heavy atom. The Morgan fingerprint density at radius 3 is 2.75 bits per heavy atom. The van der Waals surface area contributed by atoms with Crippen LogP contribution in [0.1, 0.15) is 68.8 Å². The minimum absolute atomic E-state index is 0.0419. The fraction of sp³-hybridized carbons (Fsp3) is 0.640. The highest BCUT2D eigenvalue weighted by atomic mass is 16.5. The first kappa shape index (κ1) is 24.2. The Morgan fingerprint density at radius 2 is 2.09 bits per heavy atom. The van der Waals surface area contributed by atoms with Gasteiger partial charge in [0, 0.05) is 31.6 Å². The van der Waals surface area contributed by atoms with Crippen molar-refractivity contribution in [2.75, 3.05) is 26.7 Å². The van der Waals surface area contributed by atoms with E-state index in [1.807, 2.05) is 40.0 Å². The summed E-state index contributed by atoms with van der Waals surface area (Å²) in [5.74, 6) is 0.320. The third-order valence-electron chi connectivity index (χ3n) is 6.69. The second-order valence-electron chi connectivity index (χ2n) is 9.30. The Kier molecular flexibility index (Phi) is 8.29. The van der Waals surface area contributed by atoms with Gasteiger partial charge in [-0.25, -0.2) is 4.98 Å². The van der Waals surface area contributed by atoms with Gasteiger partial charge < -0.3 is 19.6 Å². The summed E-state index contributed by atoms with van der Waals surface area (Å²) in [5, 5.41) is 9.76. The van der Waals surface area contributed by atoms with Gasteiger partial charge in [-0.2, -0.15) is 0 Å². The van der Waals surface area contributed by atoms with E-state index in [1.54, 1.807) is 22.1 Å². The molecule has 32 heavy (non-hydrogen) atoms. The number of pyridine rings is 1. The summed E-state index contributed by atoms with van der Waals surface area (Å²) in [5.41, 5.74) is 1.20. The van der Waals surface area contributed by atoms with E-state index in [-0.39, 0.29) is 48.3 Å². The predicted octanol–water partition coefficient (Wildman–Crippen LogP) is 3.37. The quantitative estimate of drug-likeness (QED) is 0.729. The molecule has 0 aromatic carbocycles. The third-order valence-corrected chi connectivity index (χ3v) is 6.69. The molecule has 0 unspecified atom stereocenters. The molecule has 2 aliphatic rings. The van der Waals surface area contributed by atoms with Crippen molar-refractivity contribution >= 4 is 17.9 Å². The summed E-state index contributed by atoms with van der Waals surface area (Å²) in [7, 11) is 1.84. The molecule has 1 aromatic rings. The van der Waals surface area contributed by atoms with Gasteiger partial charge in [0.25, 0.3) is 5.91 Å². The zero-order valence-corrected chi connectivity index (χ0v) is 19.8. The lowest BCUT2D eigenvalue weighted by Crippen LogP contribution is -2.51. The number of allylic oxidation sites excluding steroid dienone is 1. The van der Waals surface area contributed by atoms with Crippen molar-refractivity contribution in [1.29, 1.82) is 0 Å². The molecule has 1 N–H and O–H groups in total. The van der Waals surface area contributed by atoms with Crippen molar-refractivity contribution in [2.45, 2.75) is 65.0 Å². The van der Waals surface area contributed by atoms with Gasteiger partial charge in [0.2, 0.25) is 11.8 Å². The van der Waals surface area contributed by atoms with Gasteiger partial charge in [-0.3, -0.25) is 9.59 Å². The van der Waals surface area contributed by atoms with E-state index in [9.17, 15) is 14.7 Å². The molecular formula is C25H37N3O4. The molecule has 3 atom stereocenters. The molecule has 176 valence electrons. The lowest BCUT2D eigenvalue weighted by atomic mass is 9.88. The molecule has 0 spiro atoms. The molecule has 7 heteroatoms. The molecule has 1 fully saturated rings. The molecule has 1 saturated carbocycles. The lowest BCUT2D eigenvalue weighted by molar-refractivity contribution is -0.136. The number of carbonyl (C=O) groups excluding carboxylic acids is 2. The number of fused-ring (bicyclic) bond motifs is 1. The van der Waals surface area contributed by atoms with Crippen LogP contribution in [0.15, 0.2) is 18.3 Å². The number of carbonyl (C=O) groups is 2. The summed E-state index contributed by atoms with van der Waals surface area (Å²) in [6.45, 7) is 6.51. The van der Waals surface area contributed by atoms with E-state index in [4.69, 9.17) is 4.74 Å². The number of amides is 2. The van der Waals surface area contributed by atoms with Gasteiger partial charge in [-0.15, -0.1) is 0 Å². The molecule has 1 aliphatic heterocycles. The van der Waals surface area contributed by atoms with Crippen molar-refractivity contribution < 1.29 is 19.4 Å². The fourth-order valence-electron chi connectivity index (χ4n) is 4.64. The molecule has 0 saturated heterocycles. The zero-order chi connectivity index (χ0) is 23.3. The molecular weight excluding hydrogens is 406 g/mol. The molecule has 7 nitrogen and oxygen atoms in total. The molecule has 2 heterocycles. The van der Waals surface area contributed by atoms with Crippen LogP contribution in [0.4, 0.5) is 0 Å². The maximum Gasteiger partial charge on any atom is 0.259 e. The van der Waals surface area contributed by atoms with Gasteiger partial charge in [0.1, 0.15) is 11.7 Å². The van der Waals surface area contributed by atoms with Gasteiger partial charge in [0.15, 0.2) is 0 Å². The van der Waals surface area contributed by atoms with Crippen LogP contribution < -0.4 is 4.74 Å². The van der Waals surface area contributed by atoms with E-state index in [1.165, 1.54) is 6.42 Å². The standard InChI is InChI=1S/C25H37N3O4/c1-5-9-19-12-21-23(26-13-19)32-22(17(2)14-28(25(21)31)18(3)16-29)15-27(4)24(30)20-10-7-6-8-11-20/h5,9,12-13,17-18,20,22,29H,6-8,10-11,14-16H2,1-4H3/b9-5+/t17-,18+,22-/m0/s1. The maximum atomic E-state index is 13.3. The number of aromatic nitrogens is 1. The molecule has 1 aliphatic carbocycles. The van der Waals surface area contributed by atoms with Crippen molar-refractivity contribution in [3.63, 3.8) is 0 Å². The highest BCUT2D eigenvalue weighted by molar-refractivity contribution is 5.97. The summed E-state index contributed by atoms with van der Waals surface area (Å²) in [6.07, 6.45) is 10.5. The number of hydrogen-bond donors (Lipinski definition) is 1. The van der Waals surface area contributed by atoms with Gasteiger partial charge >= 0.3 is 0 Å². The summed E-state index contributed by atoms with van der Waals surface area (Å²) >= 11 is 0. The van der Waals surface area contributed by atoms with E-state index < -0.39 is 0 Å². The second-order valence-corrected chi connectivity index (χ2v) is 9.30. The number of likely N-dealkylation sites (N-methyl/N-ethyl adjacent to an activating group) is 1. The third kappa shape index (κ3) is 5.49. The molecule has 1 aromatic heterocycles. The lowest BCUT2D eigenvalue weighted by Gasteiger charge is -2.38. The SMILES string of the molecule is C/C=C/c1cnc2c(c1)C(=O)N([C@H](C)CO)C[C@H](C)[C@H](CN(C)C(=O)C1CCCCC1)O2. The molecule has 2 amide bonds. The predicted molar refractivity (Wildman–Crippen MR) is 124 cm³/mol. The van der Waals surface area contributed by atoms with Crippen LogP contribution in [0.25, 0.3) is 6.08 Å². The average molecular weight is 444 g/mol. The van der Waals surface area contributed by atoms with Crippen LogP contribution in [0.2, 0.25) is 0 Å². The van der Waals surface area contributed by atoms with Crippen LogP contribution in [0.3, 0.4) is 0 Å². The van der Waals surface area contributed by atoms with E-state index in [0.29, 0.717) is 18.7 Å². The minimum atomic E-state index is -0.330. The van der Waals surface area contributed by atoms with E-state index in [0.717, 1.165) is 31.2 Å². The summed E-state index contributed by atoms with van der Waals surface area (Å²) in [4.78, 5) is 34.3. The highest BCUT2D eigenvalue weighted by Crippen LogP contribution is 2.29. The first-order valence-corrected chi connectivity index (χ1v) is 11.8. The average Bonchev–Trinajstić information content (AvgIpc) is 2.81. The maximum absolute atomic E-state index is 13.3. The molecule has 0 radical (unpaired) electrons. The van der Waals surface area contributed by atoms with Gasteiger partial charge in [-0.05, 0) is 38.3 Å². The Bertz CT molecular complexity index is 834. The zero-order valence-electron chi connectivity index (χ0n) is 19.8. The van der Waals surface area contributed by atoms with Crippen LogP contribution in [0, 0.1) is 11.8 Å². The number of aliphatic hydroxyl groups excluding tert-OH is 1. The Hall–Kier alpha value is -2.41. The van der Waals surface area contributed by atoms with Crippen LogP contribution in [-0.2, 0) is 4.79 Å². The first-order chi connectivity index (χ1) is 15.3. The number of aliphatic hydroxyl groups is 1. The topological polar surface area (TPSA) is 83.0 Å². The Balaban J connectivity index is 1.88. The largest absolute Gasteiger partial charge is 0.472 e. The monoisotopic (exact) mass is 443 g/mol. The Labute approximate surface area is 191 Å². The first-order valence-electron chi connectivity index (χ1n) is 11.8. The number of rotatable bonds is 6. The van der Waals surface area contributed by atoms with Gasteiger partial charge in [0.05, 0.1) is 19.2 Å². The smallest absolute Gasteiger partial charge is 0.259 e. The molecule has 3 rings (SSSR count). The van der Waals surface area contributed by atoms with E-state index >= 15 is 0 Å². The van der Waals surface area contributed by atoms with Crippen LogP contribution in [0.5, 0.6) is 5.88 Å². The molecule has 0 bridgehead atoms. The van der Waals surface area contributed by atoms with Crippen molar-refractivity contribution in [1.82, 2.24) is 14.8 Å². The second kappa shape index (κ2) is 10.9. The van der Waals surface area contributed by atoms with Crippen LogP contribution in [-0.4, -0.2) is 70.6 Å². The number of hydrogen-bond acceptors (Lipinski definition) is 5. The summed E-state index contributed by atoms with van der Waals surface area (Å²) in [6, 6.07) is 1.45. The summed E-state index contributed by atoms with van der Waals surface area (Å²) < 4.78 is 6.28. The van der Waals surface area contributed by atoms with E-state index in [2.05, 4.69) is 4.98 Å². The van der Waals surface area contributed by atoms with Crippen molar-refractivity contribution in [3.05, 3.63) is 29.5 Å². The van der Waals surface area contributed by atoms with Crippen LogP contribution >= 0.6 is 0 Å². The fourth-order valence-corrected chi connectivity index (χ4v) is 4.64. The normalized spacial score (nSPS) is 23.3. The number of ether oxygens (including phenoxy) is 1. The minimum Gasteiger partial charge on any atom is -0.472 e. The van der Waals surface area contributed by atoms with Crippen molar-refractivity contribution in [3.8, 4) is 5.88 Å². The number of nitrogens with zero attached hydrogens (tertiary/aromatic N) is 3. The van der Waals surface area contributed by atoms with Crippen molar-refractivity contribution in [2.24, 2.45) is 11.8 Å². The van der Waals surface area contributed by atoms with Gasteiger partial charge in [-0.1, -0.05) is 38.3 Å². The highest BCUT2D eigenvalue weighted by Gasteiger charge is 2.35.